The predicted octanol–water partition coefficient (Wildman–Crippen LogP) is -11.5. The van der Waals surface area contributed by atoms with E-state index in [-0.39, 0.29) is 53.9 Å². The zero-order valence-corrected chi connectivity index (χ0v) is 17.7. The Morgan fingerprint density at radius 1 is 0.474 bits per heavy atom. The van der Waals surface area contributed by atoms with Gasteiger partial charge in [0.2, 0.25) is 0 Å². The maximum atomic E-state index is 8.52. The third-order valence-electron chi connectivity index (χ3n) is 0. The fourth-order valence-electron chi connectivity index (χ4n) is 0. The van der Waals surface area contributed by atoms with Crippen molar-refractivity contribution in [1.29, 1.82) is 0 Å². The van der Waals surface area contributed by atoms with E-state index in [4.69, 9.17) is 56.2 Å². The molecule has 0 heterocycles. The van der Waals surface area contributed by atoms with Gasteiger partial charge in [0.15, 0.2) is 0 Å². The molecule has 19 heteroatoms. The monoisotopic (exact) mass is 476 g/mol. The molecule has 0 N–H and O–H groups in total. The molecule has 19 heavy (non-hydrogen) atoms. The minimum absolute atomic E-state index is 0. The Labute approximate surface area is 146 Å². The van der Waals surface area contributed by atoms with Gasteiger partial charge in [-0.2, -0.15) is 0 Å². The Bertz CT molecular complexity index is 170. The van der Waals surface area contributed by atoms with Crippen LogP contribution in [0.1, 0.15) is 0 Å². The van der Waals surface area contributed by atoms with E-state index in [9.17, 15) is 0 Å². The fraction of sp³-hybridized carbons (Fsp3) is 0. The molecule has 0 atom stereocenters. The summed E-state index contributed by atoms with van der Waals surface area (Å²) >= 11 is 0. The normalized spacial score (nSPS) is 5.05. The topological polar surface area (TPSA) is 253 Å². The first kappa shape index (κ1) is 42.7. The molecule has 0 aromatic carbocycles. The molecule has 12 nitrogen and oxygen atoms in total. The van der Waals surface area contributed by atoms with Gasteiger partial charge in [0.25, 0.3) is 0 Å². The molecule has 0 spiro atoms. The van der Waals surface area contributed by atoms with Gasteiger partial charge in [-0.25, -0.2) is 0 Å². The molecule has 0 amide bonds. The van der Waals surface area contributed by atoms with E-state index in [1.165, 1.54) is 0 Å². The molecular weight excluding hydrogens is 478 g/mol. The standard InChI is InChI=1S/Cr.Fe.4O3Si.Zn/c;;4*1-4(2)3;/q2*+3;4*-2;+2. The molecule has 0 aromatic rings. The van der Waals surface area contributed by atoms with Crippen LogP contribution in [0.3, 0.4) is 0 Å². The molecule has 0 aromatic heterocycles. The van der Waals surface area contributed by atoms with E-state index in [2.05, 4.69) is 0 Å². The summed E-state index contributed by atoms with van der Waals surface area (Å²) in [6.45, 7) is 0. The summed E-state index contributed by atoms with van der Waals surface area (Å²) in [6, 6.07) is 0. The van der Waals surface area contributed by atoms with Crippen molar-refractivity contribution in [1.82, 2.24) is 0 Å². The van der Waals surface area contributed by atoms with Crippen molar-refractivity contribution in [3.05, 3.63) is 0 Å². The smallest absolute Gasteiger partial charge is 0.672 e. The van der Waals surface area contributed by atoms with Gasteiger partial charge in [-0.05, 0) is 0 Å². The Balaban J connectivity index is -0.0000000192. The minimum atomic E-state index is -3.63. The van der Waals surface area contributed by atoms with Crippen LogP contribution in [0.15, 0.2) is 0 Å². The first-order valence-corrected chi connectivity index (χ1v) is 7.35. The maximum Gasteiger partial charge on any atom is 3.00 e. The van der Waals surface area contributed by atoms with Gasteiger partial charge < -0.3 is 56.2 Å². The summed E-state index contributed by atoms with van der Waals surface area (Å²) in [5.41, 5.74) is 0. The van der Waals surface area contributed by atoms with Gasteiger partial charge >= 0.3 is 53.9 Å². The molecule has 0 aliphatic carbocycles. The van der Waals surface area contributed by atoms with Gasteiger partial charge in [0.1, 0.15) is 0 Å². The van der Waals surface area contributed by atoms with Crippen LogP contribution in [0.2, 0.25) is 0 Å². The van der Waals surface area contributed by atoms with Crippen molar-refractivity contribution in [2.24, 2.45) is 0 Å². The molecule has 0 unspecified atom stereocenters. The molecule has 0 aliphatic rings. The van der Waals surface area contributed by atoms with Crippen molar-refractivity contribution in [3.8, 4) is 0 Å². The summed E-state index contributed by atoms with van der Waals surface area (Å²) in [4.78, 5) is 68.1. The molecule has 104 valence electrons. The third kappa shape index (κ3) is 232000. The third-order valence-corrected chi connectivity index (χ3v) is 0. The van der Waals surface area contributed by atoms with Gasteiger partial charge in [-0.3, -0.25) is 0 Å². The summed E-state index contributed by atoms with van der Waals surface area (Å²) in [5.74, 6) is 0. The molecule has 0 bridgehead atoms. The Hall–Kier alpha value is 0.143. The van der Waals surface area contributed by atoms with Crippen molar-refractivity contribution in [3.63, 3.8) is 0 Å². The van der Waals surface area contributed by atoms with Gasteiger partial charge in [-0.15, -0.1) is 0 Å². The largest absolute Gasteiger partial charge is 3.00 e. The summed E-state index contributed by atoms with van der Waals surface area (Å²) < 4.78 is 34.1. The van der Waals surface area contributed by atoms with Crippen molar-refractivity contribution < 1.29 is 110 Å². The SMILES string of the molecule is O=[Si]([O-])[O-].O=[Si]([O-])[O-].O=[Si]([O-])[O-].O=[Si]([O-])[O-].[Cr+3].[Fe+3].[Zn+2]. The zero-order chi connectivity index (χ0) is 14.3. The summed E-state index contributed by atoms with van der Waals surface area (Å²) in [5, 5.41) is 0. The molecule has 2 radical (unpaired) electrons. The second kappa shape index (κ2) is 36.2. The van der Waals surface area contributed by atoms with Crippen molar-refractivity contribution >= 4 is 36.7 Å². The Morgan fingerprint density at radius 2 is 0.474 bits per heavy atom. The quantitative estimate of drug-likeness (QED) is 0.295. The molecular formula is CrFeO12Si4Zn. The van der Waals surface area contributed by atoms with Gasteiger partial charge in [-0.1, -0.05) is 0 Å². The summed E-state index contributed by atoms with van der Waals surface area (Å²) in [7, 11) is -14.5. The van der Waals surface area contributed by atoms with E-state index in [0.29, 0.717) is 0 Å². The van der Waals surface area contributed by atoms with Gasteiger partial charge in [0.05, 0.1) is 0 Å². The Kier molecular flexibility index (Phi) is 81.3. The average Bonchev–Trinajstić information content (AvgIpc) is 1.76. The van der Waals surface area contributed by atoms with Crippen LogP contribution in [0.4, 0.5) is 0 Å². The van der Waals surface area contributed by atoms with E-state index in [1.807, 2.05) is 0 Å². The molecule has 0 saturated heterocycles. The van der Waals surface area contributed by atoms with Crippen LogP contribution in [-0.4, -0.2) is 36.7 Å². The molecule has 0 fully saturated rings. The van der Waals surface area contributed by atoms with Crippen LogP contribution in [0.25, 0.3) is 0 Å². The minimum Gasteiger partial charge on any atom is -0.672 e. The van der Waals surface area contributed by atoms with Crippen molar-refractivity contribution in [2.75, 3.05) is 0 Å². The van der Waals surface area contributed by atoms with Crippen LogP contribution in [0, 0.1) is 0 Å². The van der Waals surface area contributed by atoms with E-state index in [0.717, 1.165) is 0 Å². The number of rotatable bonds is 0. The van der Waals surface area contributed by atoms with E-state index >= 15 is 0 Å². The average molecular weight is 478 g/mol. The zero-order valence-electron chi connectivity index (χ0n) is 8.37. The maximum absolute atomic E-state index is 8.52. The van der Waals surface area contributed by atoms with Crippen LogP contribution in [-0.2, 0) is 71.8 Å². The van der Waals surface area contributed by atoms with Crippen LogP contribution in [0.5, 0.6) is 0 Å². The first-order chi connectivity index (χ1) is 6.93. The molecule has 0 saturated carbocycles. The second-order valence-corrected chi connectivity index (χ2v) is 3.00. The number of hydrogen-bond acceptors (Lipinski definition) is 12. The molecule has 0 rings (SSSR count). The van der Waals surface area contributed by atoms with E-state index in [1.54, 1.807) is 0 Å². The second-order valence-electron chi connectivity index (χ2n) is 1.00. The summed E-state index contributed by atoms with van der Waals surface area (Å²) in [6.07, 6.45) is 0. The Morgan fingerprint density at radius 3 is 0.474 bits per heavy atom. The van der Waals surface area contributed by atoms with Crippen LogP contribution >= 0.6 is 0 Å². The van der Waals surface area contributed by atoms with Crippen LogP contribution < -0.4 is 38.4 Å². The van der Waals surface area contributed by atoms with E-state index < -0.39 is 36.7 Å². The first-order valence-electron chi connectivity index (χ1n) is 2.45. The fourth-order valence-corrected chi connectivity index (χ4v) is 0. The molecule has 0 aliphatic heterocycles. The van der Waals surface area contributed by atoms with Crippen molar-refractivity contribution in [2.45, 2.75) is 0 Å². The van der Waals surface area contributed by atoms with Gasteiger partial charge in [0, 0.05) is 36.7 Å². The predicted molar refractivity (Wildman–Crippen MR) is 25.8 cm³/mol. The number of hydrogen-bond donors (Lipinski definition) is 0.